The molecule has 0 atom stereocenters. The molecule has 222 valence electrons. The van der Waals surface area contributed by atoms with Gasteiger partial charge in [-0.3, -0.25) is 9.98 Å². The van der Waals surface area contributed by atoms with Crippen molar-refractivity contribution in [3.05, 3.63) is 58.7 Å². The van der Waals surface area contributed by atoms with E-state index in [2.05, 4.69) is 132 Å². The summed E-state index contributed by atoms with van der Waals surface area (Å²) in [5, 5.41) is 0. The molecule has 4 nitrogen and oxygen atoms in total. The SMILES string of the molecule is Cc1ccc(C)c(N=C(CCCO[Si](C)(C)C)C(CCCO[Si](C)(C)C)=Nc2cc(C)ccc2C)c1.[Br][Ni][Br]. The Kier molecular flexibility index (Phi) is 17.1. The zero-order valence-corrected chi connectivity index (χ0v) is 31.6. The third kappa shape index (κ3) is 16.6. The van der Waals surface area contributed by atoms with Gasteiger partial charge in [0.05, 0.1) is 22.8 Å². The number of hydrogen-bond donors (Lipinski definition) is 0. The molecular formula is C30H48Br2N2NiO2Si2. The van der Waals surface area contributed by atoms with Gasteiger partial charge in [-0.05, 0) is 127 Å². The molecule has 0 spiro atoms. The molecule has 0 aliphatic carbocycles. The van der Waals surface area contributed by atoms with E-state index in [-0.39, 0.29) is 0 Å². The van der Waals surface area contributed by atoms with Crippen molar-refractivity contribution in [1.82, 2.24) is 0 Å². The molecule has 0 aliphatic rings. The molecular weight excluding hydrogens is 695 g/mol. The Balaban J connectivity index is 0.00000242. The Bertz CT molecular complexity index is 1010. The van der Waals surface area contributed by atoms with E-state index in [1.807, 2.05) is 0 Å². The Morgan fingerprint density at radius 1 is 0.667 bits per heavy atom. The van der Waals surface area contributed by atoms with Crippen LogP contribution in [-0.2, 0) is 19.7 Å². The van der Waals surface area contributed by atoms with Crippen molar-refractivity contribution in [2.24, 2.45) is 9.98 Å². The quantitative estimate of drug-likeness (QED) is 0.117. The maximum absolute atomic E-state index is 6.17. The number of rotatable bonds is 13. The molecule has 9 heteroatoms. The number of hydrogen-bond acceptors (Lipinski definition) is 4. The van der Waals surface area contributed by atoms with Crippen molar-refractivity contribution < 1.29 is 19.7 Å². The van der Waals surface area contributed by atoms with Crippen LogP contribution in [-0.4, -0.2) is 41.3 Å². The van der Waals surface area contributed by atoms with Crippen LogP contribution in [0.2, 0.25) is 39.3 Å². The first kappa shape index (κ1) is 36.6. The molecule has 0 heterocycles. The van der Waals surface area contributed by atoms with Crippen LogP contribution >= 0.6 is 28.5 Å². The van der Waals surface area contributed by atoms with E-state index in [4.69, 9.17) is 18.8 Å². The fourth-order valence-corrected chi connectivity index (χ4v) is 5.25. The zero-order chi connectivity index (χ0) is 29.6. The number of halogens is 2. The monoisotopic (exact) mass is 740 g/mol. The van der Waals surface area contributed by atoms with Crippen LogP contribution in [0.1, 0.15) is 47.9 Å². The average Bonchev–Trinajstić information content (AvgIpc) is 2.81. The maximum atomic E-state index is 6.17. The van der Waals surface area contributed by atoms with Crippen LogP contribution in [0.15, 0.2) is 46.4 Å². The van der Waals surface area contributed by atoms with Crippen molar-refractivity contribution in [1.29, 1.82) is 0 Å². The Morgan fingerprint density at radius 3 is 1.31 bits per heavy atom. The molecule has 0 N–H and O–H groups in total. The third-order valence-electron chi connectivity index (χ3n) is 5.76. The van der Waals surface area contributed by atoms with Gasteiger partial charge in [0, 0.05) is 13.2 Å². The van der Waals surface area contributed by atoms with Crippen LogP contribution in [0.5, 0.6) is 0 Å². The first-order valence-corrected chi connectivity index (χ1v) is 25.3. The molecule has 0 fully saturated rings. The van der Waals surface area contributed by atoms with Crippen LogP contribution < -0.4 is 0 Å². The predicted molar refractivity (Wildman–Crippen MR) is 181 cm³/mol. The summed E-state index contributed by atoms with van der Waals surface area (Å²) in [4.78, 5) is 10.5. The Morgan fingerprint density at radius 2 is 1.00 bits per heavy atom. The minimum absolute atomic E-state index is 0.761. The van der Waals surface area contributed by atoms with Crippen LogP contribution in [0.4, 0.5) is 11.4 Å². The van der Waals surface area contributed by atoms with Crippen molar-refractivity contribution >= 4 is 67.9 Å². The first-order valence-electron chi connectivity index (χ1n) is 13.6. The van der Waals surface area contributed by atoms with Gasteiger partial charge in [0.2, 0.25) is 0 Å². The van der Waals surface area contributed by atoms with Gasteiger partial charge in [0.1, 0.15) is 0 Å². The van der Waals surface area contributed by atoms with Crippen LogP contribution in [0.25, 0.3) is 0 Å². The molecule has 0 aromatic heterocycles. The molecule has 0 saturated carbocycles. The van der Waals surface area contributed by atoms with Crippen molar-refractivity contribution in [3.63, 3.8) is 0 Å². The second kappa shape index (κ2) is 18.2. The predicted octanol–water partition coefficient (Wildman–Crippen LogP) is 10.7. The molecule has 39 heavy (non-hydrogen) atoms. The summed E-state index contributed by atoms with van der Waals surface area (Å²) >= 11 is 6.00. The second-order valence-corrected chi connectivity index (χ2v) is 25.9. The van der Waals surface area contributed by atoms with Gasteiger partial charge in [-0.2, -0.15) is 0 Å². The van der Waals surface area contributed by atoms with Gasteiger partial charge in [0.15, 0.2) is 16.6 Å². The van der Waals surface area contributed by atoms with E-state index in [9.17, 15) is 0 Å². The fourth-order valence-electron chi connectivity index (χ4n) is 3.74. The normalized spacial score (nSPS) is 12.9. The summed E-state index contributed by atoms with van der Waals surface area (Å²) in [5.74, 6) is 0. The molecule has 0 unspecified atom stereocenters. The average molecular weight is 743 g/mol. The molecule has 2 aromatic rings. The van der Waals surface area contributed by atoms with E-state index in [1.54, 1.807) is 0 Å². The van der Waals surface area contributed by atoms with Gasteiger partial charge in [-0.15, -0.1) is 0 Å². The second-order valence-electron chi connectivity index (χ2n) is 11.9. The number of aliphatic imine (C=N–C) groups is 2. The summed E-state index contributed by atoms with van der Waals surface area (Å²) in [6.45, 7) is 23.5. The fraction of sp³-hybridized carbons (Fsp3) is 0.533. The summed E-state index contributed by atoms with van der Waals surface area (Å²) in [5.41, 5.74) is 9.00. The van der Waals surface area contributed by atoms with Gasteiger partial charge in [-0.25, -0.2) is 0 Å². The molecule has 0 radical (unpaired) electrons. The van der Waals surface area contributed by atoms with E-state index >= 15 is 0 Å². The van der Waals surface area contributed by atoms with E-state index in [0.29, 0.717) is 0 Å². The Hall–Kier alpha value is -0.413. The van der Waals surface area contributed by atoms with Gasteiger partial charge < -0.3 is 8.85 Å². The topological polar surface area (TPSA) is 43.2 Å². The zero-order valence-electron chi connectivity index (χ0n) is 25.5. The number of nitrogens with zero attached hydrogens (tertiary/aromatic N) is 2. The van der Waals surface area contributed by atoms with Crippen molar-refractivity contribution in [2.45, 2.75) is 92.7 Å². The number of aryl methyl sites for hydroxylation is 4. The summed E-state index contributed by atoms with van der Waals surface area (Å²) in [6.07, 6.45) is 3.56. The van der Waals surface area contributed by atoms with E-state index < -0.39 is 16.6 Å². The minimum atomic E-state index is -1.55. The third-order valence-corrected chi connectivity index (χ3v) is 7.90. The summed E-state index contributed by atoms with van der Waals surface area (Å²) in [6, 6.07) is 13.0. The molecule has 0 bridgehead atoms. The summed E-state index contributed by atoms with van der Waals surface area (Å²) < 4.78 is 12.3. The van der Waals surface area contributed by atoms with Crippen LogP contribution in [0.3, 0.4) is 0 Å². The van der Waals surface area contributed by atoms with Gasteiger partial charge >= 0.3 is 39.3 Å². The van der Waals surface area contributed by atoms with Crippen molar-refractivity contribution in [3.8, 4) is 0 Å². The van der Waals surface area contributed by atoms with E-state index in [0.717, 1.165) is 61.7 Å². The molecule has 2 rings (SSSR count). The Labute approximate surface area is 260 Å². The first-order chi connectivity index (χ1) is 18.1. The van der Waals surface area contributed by atoms with Crippen molar-refractivity contribution in [2.75, 3.05) is 13.2 Å². The number of benzene rings is 2. The standard InChI is InChI=1S/C30H48N2O2Si2.2BrH.Ni/c1-23-15-17-25(3)29(21-23)31-27(13-11-19-33-35(5,6)7)28(14-12-20-34-36(8,9)10)32-30-22-24(2)16-18-26(30)4;;;/h15-18,21-22H,11-14,19-20H2,1-10H3;2*1H;/q;;;+2/p-2. The van der Waals surface area contributed by atoms with E-state index in [1.165, 1.54) is 33.2 Å². The summed E-state index contributed by atoms with van der Waals surface area (Å²) in [7, 11) is -1.85. The molecule has 0 amide bonds. The molecule has 0 aliphatic heterocycles. The molecule has 2 aromatic carbocycles. The molecule has 0 saturated heterocycles. The van der Waals surface area contributed by atoms with Crippen LogP contribution in [0, 0.1) is 27.7 Å². The van der Waals surface area contributed by atoms with Gasteiger partial charge in [0.25, 0.3) is 0 Å². The van der Waals surface area contributed by atoms with Gasteiger partial charge in [-0.1, -0.05) is 24.3 Å².